The second-order valence-electron chi connectivity index (χ2n) is 6.96. The van der Waals surface area contributed by atoms with E-state index >= 15 is 0 Å². The van der Waals surface area contributed by atoms with Gasteiger partial charge < -0.3 is 14.8 Å². The minimum absolute atomic E-state index is 0.109. The molecule has 0 bridgehead atoms. The van der Waals surface area contributed by atoms with Gasteiger partial charge in [0.2, 0.25) is 12.7 Å². The summed E-state index contributed by atoms with van der Waals surface area (Å²) in [6.07, 6.45) is 2.65. The molecule has 30 heavy (non-hydrogen) atoms. The minimum Gasteiger partial charge on any atom is -0.454 e. The van der Waals surface area contributed by atoms with Gasteiger partial charge in [0.25, 0.3) is 5.91 Å². The molecular formula is C22H20N2O4S2. The lowest BCUT2D eigenvalue weighted by Crippen LogP contribution is -2.29. The van der Waals surface area contributed by atoms with Crippen LogP contribution in [0, 0.1) is 6.92 Å². The SMILES string of the molecule is Cc1ccc(C=C2SC(=S)N(CCCC(=O)Nc3ccc4c(c3)OCO4)C2=O)cc1. The van der Waals surface area contributed by atoms with E-state index in [4.69, 9.17) is 21.7 Å². The van der Waals surface area contributed by atoms with Crippen molar-refractivity contribution < 1.29 is 19.1 Å². The number of aryl methyl sites for hydroxylation is 1. The molecule has 1 saturated heterocycles. The fraction of sp³-hybridized carbons (Fsp3) is 0.227. The van der Waals surface area contributed by atoms with Crippen molar-refractivity contribution in [1.29, 1.82) is 0 Å². The predicted octanol–water partition coefficient (Wildman–Crippen LogP) is 4.34. The van der Waals surface area contributed by atoms with Crippen LogP contribution in [0.4, 0.5) is 5.69 Å². The van der Waals surface area contributed by atoms with Crippen LogP contribution in [-0.4, -0.2) is 34.4 Å². The largest absolute Gasteiger partial charge is 0.454 e. The highest BCUT2D eigenvalue weighted by Gasteiger charge is 2.31. The molecule has 0 unspecified atom stereocenters. The smallest absolute Gasteiger partial charge is 0.266 e. The molecule has 2 aliphatic rings. The molecule has 1 N–H and O–H groups in total. The van der Waals surface area contributed by atoms with E-state index in [1.54, 1.807) is 23.1 Å². The zero-order valence-corrected chi connectivity index (χ0v) is 18.0. The maximum atomic E-state index is 12.7. The fourth-order valence-corrected chi connectivity index (χ4v) is 4.41. The van der Waals surface area contributed by atoms with Crippen molar-refractivity contribution in [3.63, 3.8) is 0 Å². The fourth-order valence-electron chi connectivity index (χ4n) is 3.10. The van der Waals surface area contributed by atoms with Gasteiger partial charge in [0.1, 0.15) is 4.32 Å². The van der Waals surface area contributed by atoms with E-state index in [1.807, 2.05) is 37.3 Å². The summed E-state index contributed by atoms with van der Waals surface area (Å²) in [6.45, 7) is 2.62. The Labute approximate surface area is 184 Å². The second kappa shape index (κ2) is 8.89. The van der Waals surface area contributed by atoms with Gasteiger partial charge in [0.15, 0.2) is 11.5 Å². The topological polar surface area (TPSA) is 67.9 Å². The monoisotopic (exact) mass is 440 g/mol. The lowest BCUT2D eigenvalue weighted by Gasteiger charge is -2.14. The van der Waals surface area contributed by atoms with Crippen LogP contribution in [0.25, 0.3) is 6.08 Å². The maximum Gasteiger partial charge on any atom is 0.266 e. The lowest BCUT2D eigenvalue weighted by molar-refractivity contribution is -0.122. The van der Waals surface area contributed by atoms with Crippen LogP contribution in [-0.2, 0) is 9.59 Å². The Kier molecular flexibility index (Phi) is 6.06. The van der Waals surface area contributed by atoms with Crippen LogP contribution >= 0.6 is 24.0 Å². The Balaban J connectivity index is 1.29. The minimum atomic E-state index is -0.130. The van der Waals surface area contributed by atoms with Gasteiger partial charge in [0.05, 0.1) is 4.91 Å². The Morgan fingerprint density at radius 3 is 2.77 bits per heavy atom. The molecule has 0 aliphatic carbocycles. The van der Waals surface area contributed by atoms with E-state index in [0.717, 1.165) is 5.56 Å². The molecule has 6 nitrogen and oxygen atoms in total. The standard InChI is InChI=1S/C22H20N2O4S2/c1-14-4-6-15(7-5-14)11-19-21(26)24(22(29)30-19)10-2-3-20(25)23-16-8-9-17-18(12-16)28-13-27-17/h4-9,11-12H,2-3,10,13H2,1H3,(H,23,25). The summed E-state index contributed by atoms with van der Waals surface area (Å²) in [6, 6.07) is 13.2. The number of hydrogen-bond donors (Lipinski definition) is 1. The molecule has 2 heterocycles. The quantitative estimate of drug-likeness (QED) is 0.532. The van der Waals surface area contributed by atoms with Crippen LogP contribution < -0.4 is 14.8 Å². The molecule has 2 aromatic carbocycles. The third-order valence-electron chi connectivity index (χ3n) is 4.69. The van der Waals surface area contributed by atoms with Crippen LogP contribution in [0.15, 0.2) is 47.4 Å². The first-order valence-electron chi connectivity index (χ1n) is 9.51. The zero-order chi connectivity index (χ0) is 21.1. The number of nitrogens with zero attached hydrogens (tertiary/aromatic N) is 1. The van der Waals surface area contributed by atoms with Crippen LogP contribution in [0.2, 0.25) is 0 Å². The molecule has 4 rings (SSSR count). The Morgan fingerprint density at radius 1 is 1.20 bits per heavy atom. The molecular weight excluding hydrogens is 420 g/mol. The molecule has 2 amide bonds. The van der Waals surface area contributed by atoms with Gasteiger partial charge in [0, 0.05) is 24.7 Å². The maximum absolute atomic E-state index is 12.7. The van der Waals surface area contributed by atoms with Crippen molar-refractivity contribution in [1.82, 2.24) is 4.90 Å². The van der Waals surface area contributed by atoms with E-state index in [9.17, 15) is 9.59 Å². The number of anilines is 1. The summed E-state index contributed by atoms with van der Waals surface area (Å²) in [5.41, 5.74) is 2.78. The van der Waals surface area contributed by atoms with Crippen molar-refractivity contribution in [2.75, 3.05) is 18.7 Å². The van der Waals surface area contributed by atoms with Crippen LogP contribution in [0.1, 0.15) is 24.0 Å². The molecule has 0 radical (unpaired) electrons. The van der Waals surface area contributed by atoms with Gasteiger partial charge in [-0.25, -0.2) is 0 Å². The zero-order valence-electron chi connectivity index (χ0n) is 16.3. The lowest BCUT2D eigenvalue weighted by atomic mass is 10.1. The molecule has 0 aromatic heterocycles. The highest BCUT2D eigenvalue weighted by Crippen LogP contribution is 2.34. The van der Waals surface area contributed by atoms with Gasteiger partial charge in [-0.15, -0.1) is 0 Å². The molecule has 154 valence electrons. The molecule has 2 aliphatic heterocycles. The highest BCUT2D eigenvalue weighted by atomic mass is 32.2. The molecule has 0 saturated carbocycles. The number of ether oxygens (including phenoxy) is 2. The Morgan fingerprint density at radius 2 is 1.97 bits per heavy atom. The Hall–Kier alpha value is -2.84. The van der Waals surface area contributed by atoms with Crippen molar-refractivity contribution in [3.8, 4) is 11.5 Å². The molecule has 0 spiro atoms. The van der Waals surface area contributed by atoms with Gasteiger partial charge in [-0.3, -0.25) is 14.5 Å². The normalized spacial score (nSPS) is 16.4. The number of carbonyl (C=O) groups is 2. The first-order valence-corrected chi connectivity index (χ1v) is 10.7. The molecule has 1 fully saturated rings. The van der Waals surface area contributed by atoms with Gasteiger partial charge >= 0.3 is 0 Å². The highest BCUT2D eigenvalue weighted by molar-refractivity contribution is 8.26. The number of benzene rings is 2. The summed E-state index contributed by atoms with van der Waals surface area (Å²) in [4.78, 5) is 27.1. The summed E-state index contributed by atoms with van der Waals surface area (Å²) in [5, 5.41) is 2.84. The number of thiocarbonyl (C=S) groups is 1. The number of nitrogens with one attached hydrogen (secondary N) is 1. The van der Waals surface area contributed by atoms with Crippen LogP contribution in [0.5, 0.6) is 11.5 Å². The number of hydrogen-bond acceptors (Lipinski definition) is 6. The number of fused-ring (bicyclic) bond motifs is 1. The molecule has 8 heteroatoms. The summed E-state index contributed by atoms with van der Waals surface area (Å²) in [5.74, 6) is 1.04. The van der Waals surface area contributed by atoms with E-state index in [-0.39, 0.29) is 25.0 Å². The van der Waals surface area contributed by atoms with Gasteiger partial charge in [-0.05, 0) is 37.1 Å². The van der Waals surface area contributed by atoms with Gasteiger partial charge in [-0.2, -0.15) is 0 Å². The number of carbonyl (C=O) groups excluding carboxylic acids is 2. The van der Waals surface area contributed by atoms with Crippen molar-refractivity contribution in [2.24, 2.45) is 0 Å². The second-order valence-corrected chi connectivity index (χ2v) is 8.64. The van der Waals surface area contributed by atoms with Crippen molar-refractivity contribution >= 4 is 51.9 Å². The van der Waals surface area contributed by atoms with E-state index in [1.165, 1.54) is 17.3 Å². The van der Waals surface area contributed by atoms with E-state index in [0.29, 0.717) is 39.4 Å². The van der Waals surface area contributed by atoms with Gasteiger partial charge in [-0.1, -0.05) is 53.8 Å². The predicted molar refractivity (Wildman–Crippen MR) is 121 cm³/mol. The third-order valence-corrected chi connectivity index (χ3v) is 6.07. The van der Waals surface area contributed by atoms with E-state index < -0.39 is 0 Å². The average Bonchev–Trinajstić information content (AvgIpc) is 3.29. The summed E-state index contributed by atoms with van der Waals surface area (Å²) < 4.78 is 11.1. The molecule has 0 atom stereocenters. The summed E-state index contributed by atoms with van der Waals surface area (Å²) in [7, 11) is 0. The number of amides is 2. The first-order chi connectivity index (χ1) is 14.5. The van der Waals surface area contributed by atoms with Crippen molar-refractivity contribution in [3.05, 3.63) is 58.5 Å². The molecule has 2 aromatic rings. The summed E-state index contributed by atoms with van der Waals surface area (Å²) >= 11 is 6.66. The van der Waals surface area contributed by atoms with Crippen LogP contribution in [0.3, 0.4) is 0 Å². The first kappa shape index (κ1) is 20.4. The third kappa shape index (κ3) is 4.66. The number of rotatable bonds is 6. The number of thioether (sulfide) groups is 1. The Bertz CT molecular complexity index is 1030. The average molecular weight is 441 g/mol. The van der Waals surface area contributed by atoms with E-state index in [2.05, 4.69) is 5.32 Å². The van der Waals surface area contributed by atoms with Crippen molar-refractivity contribution in [2.45, 2.75) is 19.8 Å².